The highest BCUT2D eigenvalue weighted by molar-refractivity contribution is 6.37. The van der Waals surface area contributed by atoms with E-state index in [2.05, 4.69) is 4.99 Å². The van der Waals surface area contributed by atoms with Gasteiger partial charge in [-0.15, -0.1) is 0 Å². The Morgan fingerprint density at radius 2 is 1.87 bits per heavy atom. The second kappa shape index (κ2) is 4.37. The van der Waals surface area contributed by atoms with Crippen LogP contribution in [0.3, 0.4) is 0 Å². The van der Waals surface area contributed by atoms with Crippen molar-refractivity contribution in [1.29, 1.82) is 0 Å². The van der Waals surface area contributed by atoms with Gasteiger partial charge in [0.15, 0.2) is 5.96 Å². The summed E-state index contributed by atoms with van der Waals surface area (Å²) in [7, 11) is 0. The minimum atomic E-state index is -0.683. The van der Waals surface area contributed by atoms with Crippen LogP contribution in [0, 0.1) is 0 Å². The first kappa shape index (κ1) is 11.6. The number of rotatable bonds is 1. The number of nitrogen functional groups attached to an aromatic ring is 1. The van der Waals surface area contributed by atoms with E-state index in [9.17, 15) is 4.79 Å². The Kier molecular flexibility index (Phi) is 3.39. The molecule has 0 bridgehead atoms. The molecule has 6 N–H and O–H groups in total. The lowest BCUT2D eigenvalue weighted by molar-refractivity contribution is 0.100. The lowest BCUT2D eigenvalue weighted by Crippen LogP contribution is -2.24. The summed E-state index contributed by atoms with van der Waals surface area (Å²) in [6.07, 6.45) is 0. The highest BCUT2D eigenvalue weighted by Gasteiger charge is 2.13. The van der Waals surface area contributed by atoms with Gasteiger partial charge in [-0.25, -0.2) is 0 Å². The molecular weight excluding hydrogens is 239 g/mol. The number of aliphatic imine (C=N–C) groups is 1. The van der Waals surface area contributed by atoms with Crippen LogP contribution in [0.15, 0.2) is 17.1 Å². The van der Waals surface area contributed by atoms with Crippen molar-refractivity contribution >= 4 is 40.8 Å². The fourth-order valence-corrected chi connectivity index (χ4v) is 1.43. The highest BCUT2D eigenvalue weighted by Crippen LogP contribution is 2.27. The first-order valence-electron chi connectivity index (χ1n) is 3.80. The van der Waals surface area contributed by atoms with E-state index in [0.717, 1.165) is 0 Å². The number of amides is 1. The van der Waals surface area contributed by atoms with Crippen LogP contribution in [0.4, 0.5) is 5.69 Å². The minimum Gasteiger partial charge on any atom is -0.397 e. The van der Waals surface area contributed by atoms with Crippen molar-refractivity contribution in [2.45, 2.75) is 0 Å². The second-order valence-corrected chi connectivity index (χ2v) is 3.53. The van der Waals surface area contributed by atoms with Gasteiger partial charge >= 0.3 is 0 Å². The van der Waals surface area contributed by atoms with Crippen molar-refractivity contribution in [2.75, 3.05) is 5.73 Å². The third-order valence-electron chi connectivity index (χ3n) is 1.56. The summed E-state index contributed by atoms with van der Waals surface area (Å²) >= 11 is 11.4. The van der Waals surface area contributed by atoms with E-state index in [1.165, 1.54) is 12.1 Å². The summed E-state index contributed by atoms with van der Waals surface area (Å²) in [6, 6.07) is 2.77. The van der Waals surface area contributed by atoms with Crippen molar-refractivity contribution in [3.8, 4) is 0 Å². The second-order valence-electron chi connectivity index (χ2n) is 2.69. The van der Waals surface area contributed by atoms with E-state index in [-0.39, 0.29) is 27.3 Å². The summed E-state index contributed by atoms with van der Waals surface area (Å²) in [5.41, 5.74) is 15.8. The highest BCUT2D eigenvalue weighted by atomic mass is 35.5. The molecule has 0 saturated carbocycles. The molecule has 0 radical (unpaired) electrons. The average molecular weight is 247 g/mol. The summed E-state index contributed by atoms with van der Waals surface area (Å²) < 4.78 is 0. The first-order chi connectivity index (χ1) is 6.91. The number of hydrogen-bond acceptors (Lipinski definition) is 2. The van der Waals surface area contributed by atoms with Crippen molar-refractivity contribution in [3.63, 3.8) is 0 Å². The number of anilines is 1. The predicted octanol–water partition coefficient (Wildman–Crippen LogP) is 0.989. The fraction of sp³-hybridized carbons (Fsp3) is 0. The Bertz CT molecular complexity index is 441. The van der Waals surface area contributed by atoms with Gasteiger partial charge in [0.1, 0.15) is 0 Å². The number of guanidine groups is 1. The quantitative estimate of drug-likeness (QED) is 0.390. The monoisotopic (exact) mass is 246 g/mol. The largest absolute Gasteiger partial charge is 0.397 e. The van der Waals surface area contributed by atoms with Crippen LogP contribution in [-0.4, -0.2) is 11.9 Å². The summed E-state index contributed by atoms with van der Waals surface area (Å²) in [6.45, 7) is 0. The fourth-order valence-electron chi connectivity index (χ4n) is 0.939. The molecule has 0 aliphatic carbocycles. The molecule has 0 aromatic heterocycles. The molecule has 15 heavy (non-hydrogen) atoms. The third kappa shape index (κ3) is 2.74. The molecule has 0 aliphatic rings. The van der Waals surface area contributed by atoms with Crippen LogP contribution in [-0.2, 0) is 0 Å². The molecule has 1 aromatic carbocycles. The Morgan fingerprint density at radius 1 is 1.27 bits per heavy atom. The van der Waals surface area contributed by atoms with Crippen LogP contribution in [0.25, 0.3) is 0 Å². The zero-order chi connectivity index (χ0) is 11.6. The van der Waals surface area contributed by atoms with Gasteiger partial charge in [0.25, 0.3) is 5.91 Å². The van der Waals surface area contributed by atoms with Gasteiger partial charge in [-0.3, -0.25) is 4.79 Å². The van der Waals surface area contributed by atoms with E-state index in [1.54, 1.807) is 0 Å². The maximum absolute atomic E-state index is 11.4. The zero-order valence-electron chi connectivity index (χ0n) is 7.50. The van der Waals surface area contributed by atoms with Gasteiger partial charge < -0.3 is 17.2 Å². The Balaban J connectivity index is 3.26. The van der Waals surface area contributed by atoms with Crippen LogP contribution < -0.4 is 17.2 Å². The van der Waals surface area contributed by atoms with E-state index in [0.29, 0.717) is 0 Å². The Morgan fingerprint density at radius 3 is 2.40 bits per heavy atom. The summed E-state index contributed by atoms with van der Waals surface area (Å²) in [4.78, 5) is 14.8. The smallest absolute Gasteiger partial charge is 0.282 e. The maximum Gasteiger partial charge on any atom is 0.282 e. The molecule has 0 fully saturated rings. The van der Waals surface area contributed by atoms with E-state index in [1.807, 2.05) is 0 Å². The predicted molar refractivity (Wildman–Crippen MR) is 61.0 cm³/mol. The molecule has 1 rings (SSSR count). The van der Waals surface area contributed by atoms with Crippen LogP contribution in [0.5, 0.6) is 0 Å². The van der Waals surface area contributed by atoms with Gasteiger partial charge in [-0.05, 0) is 12.1 Å². The minimum absolute atomic E-state index is 0.0703. The molecule has 7 heteroatoms. The zero-order valence-corrected chi connectivity index (χ0v) is 9.01. The molecule has 80 valence electrons. The number of nitrogens with two attached hydrogens (primary N) is 3. The van der Waals surface area contributed by atoms with E-state index >= 15 is 0 Å². The molecule has 1 amide bonds. The molecular formula is C8H8Cl2N4O. The third-order valence-corrected chi connectivity index (χ3v) is 2.09. The van der Waals surface area contributed by atoms with Crippen molar-refractivity contribution in [3.05, 3.63) is 27.7 Å². The lowest BCUT2D eigenvalue weighted by Gasteiger charge is -2.04. The van der Waals surface area contributed by atoms with Crippen LogP contribution in [0.1, 0.15) is 10.4 Å². The van der Waals surface area contributed by atoms with Gasteiger partial charge in [0.05, 0.1) is 16.3 Å². The molecule has 0 spiro atoms. The number of nitrogens with zero attached hydrogens (tertiary/aromatic N) is 1. The number of carbonyl (C=O) groups excluding carboxylic acids is 1. The van der Waals surface area contributed by atoms with Crippen molar-refractivity contribution in [1.82, 2.24) is 0 Å². The van der Waals surface area contributed by atoms with Crippen molar-refractivity contribution < 1.29 is 4.79 Å². The SMILES string of the molecule is NC(N)=NC(=O)c1cc(Cl)cc(Cl)c1N. The Hall–Kier alpha value is -1.46. The topological polar surface area (TPSA) is 107 Å². The summed E-state index contributed by atoms with van der Waals surface area (Å²) in [5, 5.41) is 0.458. The van der Waals surface area contributed by atoms with Crippen LogP contribution >= 0.6 is 23.2 Å². The normalized spacial score (nSPS) is 9.73. The van der Waals surface area contributed by atoms with Gasteiger partial charge in [0, 0.05) is 5.02 Å². The molecule has 0 saturated heterocycles. The molecule has 0 aliphatic heterocycles. The van der Waals surface area contributed by atoms with Crippen LogP contribution in [0.2, 0.25) is 10.0 Å². The van der Waals surface area contributed by atoms with E-state index in [4.69, 9.17) is 40.4 Å². The molecule has 0 heterocycles. The average Bonchev–Trinajstić information content (AvgIpc) is 2.09. The molecule has 1 aromatic rings. The lowest BCUT2D eigenvalue weighted by atomic mass is 10.1. The number of benzene rings is 1. The number of carbonyl (C=O) groups is 1. The maximum atomic E-state index is 11.4. The molecule has 0 atom stereocenters. The standard InChI is InChI=1S/C8H8Cl2N4O/c9-3-1-4(6(11)5(10)2-3)7(15)14-8(12)13/h1-2H,11H2,(H4,12,13,14,15). The first-order valence-corrected chi connectivity index (χ1v) is 4.56. The molecule has 5 nitrogen and oxygen atoms in total. The Labute approximate surface area is 95.8 Å². The number of halogens is 2. The van der Waals surface area contributed by atoms with Gasteiger partial charge in [-0.1, -0.05) is 23.2 Å². The summed E-state index contributed by atoms with van der Waals surface area (Å²) in [5.74, 6) is -1.03. The van der Waals surface area contributed by atoms with Crippen molar-refractivity contribution in [2.24, 2.45) is 16.5 Å². The van der Waals surface area contributed by atoms with Gasteiger partial charge in [-0.2, -0.15) is 4.99 Å². The molecule has 0 unspecified atom stereocenters. The van der Waals surface area contributed by atoms with E-state index < -0.39 is 5.91 Å². The van der Waals surface area contributed by atoms with Gasteiger partial charge in [0.2, 0.25) is 0 Å². The number of hydrogen-bond donors (Lipinski definition) is 3.